The molecule has 0 fully saturated rings. The minimum absolute atomic E-state index is 0.0785. The van der Waals surface area contributed by atoms with E-state index in [4.69, 9.17) is 9.84 Å². The van der Waals surface area contributed by atoms with Crippen LogP contribution in [0.25, 0.3) is 0 Å². The van der Waals surface area contributed by atoms with Crippen LogP contribution in [0.2, 0.25) is 0 Å². The Labute approximate surface area is 142 Å². The van der Waals surface area contributed by atoms with Crippen LogP contribution in [0.3, 0.4) is 0 Å². The third-order valence-corrected chi connectivity index (χ3v) is 3.75. The van der Waals surface area contributed by atoms with Gasteiger partial charge in [0.05, 0.1) is 6.61 Å². The van der Waals surface area contributed by atoms with Gasteiger partial charge in [0.1, 0.15) is 6.61 Å². The molecule has 0 radical (unpaired) electrons. The Bertz CT molecular complexity index is 280. The van der Waals surface area contributed by atoms with Crippen LogP contribution in [-0.4, -0.2) is 37.4 Å². The van der Waals surface area contributed by atoms with Gasteiger partial charge >= 0.3 is 5.97 Å². The minimum Gasteiger partial charge on any atom is -0.461 e. The molecule has 136 valence electrons. The summed E-state index contributed by atoms with van der Waals surface area (Å²) in [6, 6.07) is 0. The van der Waals surface area contributed by atoms with Crippen LogP contribution < -0.4 is 5.32 Å². The zero-order chi connectivity index (χ0) is 17.0. The summed E-state index contributed by atoms with van der Waals surface area (Å²) in [5.41, 5.74) is 0. The van der Waals surface area contributed by atoms with E-state index in [1.165, 1.54) is 32.1 Å². The zero-order valence-corrected chi connectivity index (χ0v) is 15.0. The lowest BCUT2D eigenvalue weighted by Gasteiger charge is -2.04. The van der Waals surface area contributed by atoms with Gasteiger partial charge < -0.3 is 15.2 Å². The molecule has 23 heavy (non-hydrogen) atoms. The van der Waals surface area contributed by atoms with Gasteiger partial charge in [-0.05, 0) is 32.2 Å². The van der Waals surface area contributed by atoms with Crippen molar-refractivity contribution in [1.29, 1.82) is 0 Å². The number of aliphatic hydroxyl groups excluding tert-OH is 1. The van der Waals surface area contributed by atoms with Crippen molar-refractivity contribution in [1.82, 2.24) is 5.32 Å². The molecule has 2 N–H and O–H groups in total. The quantitative estimate of drug-likeness (QED) is 0.241. The molecule has 0 rings (SSSR count). The lowest BCUT2D eigenvalue weighted by molar-refractivity contribution is -0.142. The molecule has 0 aliphatic heterocycles. The van der Waals surface area contributed by atoms with Gasteiger partial charge in [-0.1, -0.05) is 57.6 Å². The first-order valence-corrected chi connectivity index (χ1v) is 9.43. The fraction of sp³-hybridized carbons (Fsp3) is 0.842. The van der Waals surface area contributed by atoms with Crippen LogP contribution >= 0.6 is 0 Å². The number of allylic oxidation sites excluding steroid dienone is 1. The summed E-state index contributed by atoms with van der Waals surface area (Å²) in [4.78, 5) is 11.5. The monoisotopic (exact) mass is 327 g/mol. The second-order valence-corrected chi connectivity index (χ2v) is 6.00. The van der Waals surface area contributed by atoms with Crippen LogP contribution in [0.4, 0.5) is 0 Å². The number of aliphatic hydroxyl groups is 1. The molecule has 0 spiro atoms. The Morgan fingerprint density at radius 2 is 1.70 bits per heavy atom. The third-order valence-electron chi connectivity index (χ3n) is 3.75. The fourth-order valence-corrected chi connectivity index (χ4v) is 2.34. The molecule has 0 unspecified atom stereocenters. The van der Waals surface area contributed by atoms with Gasteiger partial charge in [0.15, 0.2) is 0 Å². The molecular weight excluding hydrogens is 290 g/mol. The zero-order valence-electron chi connectivity index (χ0n) is 15.0. The third kappa shape index (κ3) is 19.1. The molecular formula is C19H37NO3. The van der Waals surface area contributed by atoms with Crippen molar-refractivity contribution in [3.8, 4) is 0 Å². The summed E-state index contributed by atoms with van der Waals surface area (Å²) >= 11 is 0. The van der Waals surface area contributed by atoms with E-state index < -0.39 is 0 Å². The number of nitrogens with one attached hydrogen (secondary N) is 1. The first-order chi connectivity index (χ1) is 11.3. The van der Waals surface area contributed by atoms with Crippen molar-refractivity contribution in [3.05, 3.63) is 12.2 Å². The summed E-state index contributed by atoms with van der Waals surface area (Å²) in [6.45, 7) is 4.48. The maximum atomic E-state index is 11.5. The van der Waals surface area contributed by atoms with E-state index in [-0.39, 0.29) is 12.6 Å². The van der Waals surface area contributed by atoms with Gasteiger partial charge in [0.2, 0.25) is 0 Å². The summed E-state index contributed by atoms with van der Waals surface area (Å²) in [6.07, 6.45) is 16.3. The lowest BCUT2D eigenvalue weighted by Crippen LogP contribution is -2.19. The van der Waals surface area contributed by atoms with E-state index in [9.17, 15) is 4.79 Å². The standard InChI is InChI=1S/C19H37NO3/c1-2-3-4-5-6-10-13-18-23-19(22)14-11-8-7-9-12-15-20-16-17-21/h10,13,20-21H,2-9,11-12,14-18H2,1H3/b13-10-. The smallest absolute Gasteiger partial charge is 0.306 e. The largest absolute Gasteiger partial charge is 0.461 e. The number of carbonyl (C=O) groups excluding carboxylic acids is 1. The SMILES string of the molecule is CCCCCC/C=C\COC(=O)CCCCCCCNCCO. The molecule has 0 saturated heterocycles. The number of hydrogen-bond acceptors (Lipinski definition) is 4. The maximum absolute atomic E-state index is 11.5. The van der Waals surface area contributed by atoms with Crippen molar-refractivity contribution in [2.75, 3.05) is 26.3 Å². The number of esters is 1. The van der Waals surface area contributed by atoms with Crippen LogP contribution in [0.1, 0.15) is 77.6 Å². The number of hydrogen-bond donors (Lipinski definition) is 2. The van der Waals surface area contributed by atoms with Crippen LogP contribution in [0, 0.1) is 0 Å². The number of unbranched alkanes of at least 4 members (excludes halogenated alkanes) is 8. The normalized spacial score (nSPS) is 11.2. The van der Waals surface area contributed by atoms with Crippen LogP contribution in [0.15, 0.2) is 12.2 Å². The first kappa shape index (κ1) is 22.1. The number of carbonyl (C=O) groups is 1. The average Bonchev–Trinajstić information content (AvgIpc) is 2.56. The topological polar surface area (TPSA) is 58.6 Å². The van der Waals surface area contributed by atoms with E-state index in [2.05, 4.69) is 18.3 Å². The molecule has 0 heterocycles. The maximum Gasteiger partial charge on any atom is 0.306 e. The second-order valence-electron chi connectivity index (χ2n) is 6.00. The van der Waals surface area contributed by atoms with Crippen molar-refractivity contribution in [2.45, 2.75) is 77.6 Å². The molecule has 0 atom stereocenters. The predicted molar refractivity (Wildman–Crippen MR) is 96.5 cm³/mol. The molecule has 0 aliphatic carbocycles. The molecule has 4 nitrogen and oxygen atoms in total. The number of ether oxygens (including phenoxy) is 1. The second kappa shape index (κ2) is 19.2. The van der Waals surface area contributed by atoms with Crippen LogP contribution in [-0.2, 0) is 9.53 Å². The molecule has 0 aromatic heterocycles. The summed E-state index contributed by atoms with van der Waals surface area (Å²) in [5.74, 6) is -0.0785. The molecule has 0 aliphatic rings. The van der Waals surface area contributed by atoms with Crippen molar-refractivity contribution in [3.63, 3.8) is 0 Å². The highest BCUT2D eigenvalue weighted by Crippen LogP contribution is 2.06. The van der Waals surface area contributed by atoms with Gasteiger partial charge in [0, 0.05) is 13.0 Å². The van der Waals surface area contributed by atoms with Gasteiger partial charge in [-0.25, -0.2) is 0 Å². The van der Waals surface area contributed by atoms with Gasteiger partial charge in [0.25, 0.3) is 0 Å². The highest BCUT2D eigenvalue weighted by Gasteiger charge is 2.01. The van der Waals surface area contributed by atoms with E-state index in [1.807, 2.05) is 6.08 Å². The van der Waals surface area contributed by atoms with E-state index in [0.29, 0.717) is 19.6 Å². The van der Waals surface area contributed by atoms with Gasteiger partial charge in [-0.15, -0.1) is 0 Å². The predicted octanol–water partition coefficient (Wildman–Crippen LogP) is 3.98. The molecule has 0 aromatic rings. The van der Waals surface area contributed by atoms with Crippen molar-refractivity contribution >= 4 is 5.97 Å². The Morgan fingerprint density at radius 1 is 0.957 bits per heavy atom. The Hall–Kier alpha value is -0.870. The van der Waals surface area contributed by atoms with Gasteiger partial charge in [-0.2, -0.15) is 0 Å². The molecule has 4 heteroatoms. The summed E-state index contributed by atoms with van der Waals surface area (Å²) < 4.78 is 5.18. The highest BCUT2D eigenvalue weighted by atomic mass is 16.5. The molecule has 0 bridgehead atoms. The minimum atomic E-state index is -0.0785. The molecule has 0 saturated carbocycles. The van der Waals surface area contributed by atoms with E-state index in [1.54, 1.807) is 0 Å². The Morgan fingerprint density at radius 3 is 2.48 bits per heavy atom. The molecule has 0 amide bonds. The summed E-state index contributed by atoms with van der Waals surface area (Å²) in [5, 5.41) is 11.8. The van der Waals surface area contributed by atoms with Crippen LogP contribution in [0.5, 0.6) is 0 Å². The lowest BCUT2D eigenvalue weighted by atomic mass is 10.1. The summed E-state index contributed by atoms with van der Waals surface area (Å²) in [7, 11) is 0. The first-order valence-electron chi connectivity index (χ1n) is 9.43. The van der Waals surface area contributed by atoms with Crippen molar-refractivity contribution < 1.29 is 14.6 Å². The molecule has 0 aromatic carbocycles. The fourth-order valence-electron chi connectivity index (χ4n) is 2.34. The number of rotatable bonds is 17. The highest BCUT2D eigenvalue weighted by molar-refractivity contribution is 5.69. The Kier molecular flexibility index (Phi) is 18.5. The van der Waals surface area contributed by atoms with Gasteiger partial charge in [-0.3, -0.25) is 4.79 Å². The van der Waals surface area contributed by atoms with E-state index >= 15 is 0 Å². The van der Waals surface area contributed by atoms with E-state index in [0.717, 1.165) is 38.6 Å². The van der Waals surface area contributed by atoms with Crippen molar-refractivity contribution in [2.24, 2.45) is 0 Å². The Balaban J connectivity index is 3.23. The average molecular weight is 328 g/mol.